The summed E-state index contributed by atoms with van der Waals surface area (Å²) >= 11 is 0. The zero-order chi connectivity index (χ0) is 11.8. The Labute approximate surface area is 97.1 Å². The van der Waals surface area contributed by atoms with E-state index in [-0.39, 0.29) is 0 Å². The summed E-state index contributed by atoms with van der Waals surface area (Å²) in [6.45, 7) is 1.79. The van der Waals surface area contributed by atoms with E-state index >= 15 is 0 Å². The summed E-state index contributed by atoms with van der Waals surface area (Å²) in [7, 11) is 0. The Morgan fingerprint density at radius 1 is 1.12 bits per heavy atom. The maximum atomic E-state index is 5.78. The maximum absolute atomic E-state index is 5.78. The normalized spacial score (nSPS) is 10.9. The largest absolute Gasteiger partial charge is 0.382 e. The number of para-hydroxylation sites is 1. The Morgan fingerprint density at radius 2 is 1.88 bits per heavy atom. The Morgan fingerprint density at radius 3 is 2.65 bits per heavy atom. The molecule has 0 aliphatic heterocycles. The van der Waals surface area contributed by atoms with Gasteiger partial charge in [0, 0.05) is 0 Å². The highest BCUT2D eigenvalue weighted by atomic mass is 15.4. The molecule has 0 unspecified atom stereocenters. The van der Waals surface area contributed by atoms with E-state index in [2.05, 4.69) is 20.3 Å². The first kappa shape index (κ1) is 9.71. The van der Waals surface area contributed by atoms with Crippen LogP contribution in [0.2, 0.25) is 0 Å². The van der Waals surface area contributed by atoms with Crippen LogP contribution in [-0.4, -0.2) is 25.0 Å². The lowest BCUT2D eigenvalue weighted by Gasteiger charge is -2.01. The molecule has 0 saturated carbocycles. The van der Waals surface area contributed by atoms with E-state index in [0.29, 0.717) is 22.8 Å². The molecule has 2 aromatic heterocycles. The number of rotatable bonds is 1. The molecule has 0 atom stereocenters. The fourth-order valence-corrected chi connectivity index (χ4v) is 1.69. The molecule has 84 valence electrons. The average Bonchev–Trinajstić information content (AvgIpc) is 2.74. The molecule has 1 aromatic carbocycles. The predicted molar refractivity (Wildman–Crippen MR) is 63.6 cm³/mol. The van der Waals surface area contributed by atoms with Gasteiger partial charge in [0.15, 0.2) is 17.0 Å². The number of hydrogen-bond donors (Lipinski definition) is 1. The van der Waals surface area contributed by atoms with Gasteiger partial charge < -0.3 is 5.73 Å². The Kier molecular flexibility index (Phi) is 2.01. The van der Waals surface area contributed by atoms with Crippen LogP contribution < -0.4 is 5.73 Å². The van der Waals surface area contributed by atoms with E-state index in [1.165, 1.54) is 0 Å². The molecule has 0 radical (unpaired) electrons. The van der Waals surface area contributed by atoms with Crippen molar-refractivity contribution in [3.8, 4) is 5.69 Å². The van der Waals surface area contributed by atoms with Crippen LogP contribution in [0.1, 0.15) is 5.82 Å². The molecular formula is C11H10N6. The SMILES string of the molecule is Cc1nc(N)c2nnn(-c3ccccc3)c2n1. The number of benzene rings is 1. The van der Waals surface area contributed by atoms with Crippen molar-refractivity contribution in [3.05, 3.63) is 36.2 Å². The minimum Gasteiger partial charge on any atom is -0.382 e. The first-order valence-electron chi connectivity index (χ1n) is 5.16. The third-order valence-corrected chi connectivity index (χ3v) is 2.44. The van der Waals surface area contributed by atoms with Crippen molar-refractivity contribution in [3.63, 3.8) is 0 Å². The third-order valence-electron chi connectivity index (χ3n) is 2.44. The second-order valence-corrected chi connectivity index (χ2v) is 3.67. The number of nitrogens with two attached hydrogens (primary N) is 1. The molecule has 0 aliphatic rings. The molecule has 0 aliphatic carbocycles. The molecule has 17 heavy (non-hydrogen) atoms. The molecule has 2 heterocycles. The summed E-state index contributed by atoms with van der Waals surface area (Å²) in [6.07, 6.45) is 0. The molecule has 6 heteroatoms. The molecule has 0 fully saturated rings. The second-order valence-electron chi connectivity index (χ2n) is 3.67. The van der Waals surface area contributed by atoms with E-state index in [4.69, 9.17) is 5.73 Å². The summed E-state index contributed by atoms with van der Waals surface area (Å²) in [5.41, 5.74) is 7.83. The van der Waals surface area contributed by atoms with Crippen LogP contribution in [0, 0.1) is 6.92 Å². The minimum atomic E-state index is 0.356. The van der Waals surface area contributed by atoms with Gasteiger partial charge in [-0.1, -0.05) is 23.4 Å². The molecule has 0 bridgehead atoms. The van der Waals surface area contributed by atoms with Crippen LogP contribution in [0.15, 0.2) is 30.3 Å². The van der Waals surface area contributed by atoms with Gasteiger partial charge in [-0.15, -0.1) is 5.10 Å². The van der Waals surface area contributed by atoms with Crippen LogP contribution in [-0.2, 0) is 0 Å². The van der Waals surface area contributed by atoms with Gasteiger partial charge in [-0.3, -0.25) is 0 Å². The average molecular weight is 226 g/mol. The van der Waals surface area contributed by atoms with Crippen molar-refractivity contribution >= 4 is 17.0 Å². The van der Waals surface area contributed by atoms with Crippen LogP contribution in [0.3, 0.4) is 0 Å². The standard InChI is InChI=1S/C11H10N6/c1-7-13-10(12)9-11(14-7)17(16-15-9)8-5-3-2-4-6-8/h2-6H,1H3,(H2,12,13,14). The molecule has 0 saturated heterocycles. The van der Waals surface area contributed by atoms with Crippen molar-refractivity contribution in [2.75, 3.05) is 5.73 Å². The fourth-order valence-electron chi connectivity index (χ4n) is 1.69. The molecule has 3 rings (SSSR count). The monoisotopic (exact) mass is 226 g/mol. The molecule has 0 amide bonds. The number of anilines is 1. The van der Waals surface area contributed by atoms with Crippen molar-refractivity contribution in [2.45, 2.75) is 6.92 Å². The first-order chi connectivity index (χ1) is 8.25. The number of aromatic nitrogens is 5. The van der Waals surface area contributed by atoms with Gasteiger partial charge in [-0.25, -0.2) is 9.97 Å². The highest BCUT2D eigenvalue weighted by Gasteiger charge is 2.11. The van der Waals surface area contributed by atoms with Crippen molar-refractivity contribution in [1.82, 2.24) is 25.0 Å². The van der Waals surface area contributed by atoms with Gasteiger partial charge in [0.05, 0.1) is 5.69 Å². The highest BCUT2D eigenvalue weighted by molar-refractivity contribution is 5.81. The van der Waals surface area contributed by atoms with Gasteiger partial charge in [0.25, 0.3) is 0 Å². The minimum absolute atomic E-state index is 0.356. The summed E-state index contributed by atoms with van der Waals surface area (Å²) < 4.78 is 1.65. The van der Waals surface area contributed by atoms with E-state index in [1.807, 2.05) is 30.3 Å². The van der Waals surface area contributed by atoms with Gasteiger partial charge in [0.2, 0.25) is 0 Å². The predicted octanol–water partition coefficient (Wildman–Crippen LogP) is 1.10. The van der Waals surface area contributed by atoms with Crippen molar-refractivity contribution in [2.24, 2.45) is 0 Å². The van der Waals surface area contributed by atoms with Gasteiger partial charge in [-0.2, -0.15) is 4.68 Å². The zero-order valence-electron chi connectivity index (χ0n) is 9.20. The number of nitrogens with zero attached hydrogens (tertiary/aromatic N) is 5. The number of nitrogen functional groups attached to an aromatic ring is 1. The van der Waals surface area contributed by atoms with Crippen molar-refractivity contribution in [1.29, 1.82) is 0 Å². The third kappa shape index (κ3) is 1.50. The van der Waals surface area contributed by atoms with Crippen LogP contribution in [0.5, 0.6) is 0 Å². The van der Waals surface area contributed by atoms with Gasteiger partial charge >= 0.3 is 0 Å². The number of aryl methyl sites for hydroxylation is 1. The van der Waals surface area contributed by atoms with Crippen LogP contribution >= 0.6 is 0 Å². The highest BCUT2D eigenvalue weighted by Crippen LogP contribution is 2.17. The molecule has 3 aromatic rings. The molecular weight excluding hydrogens is 216 g/mol. The second kappa shape index (κ2) is 3.51. The molecule has 6 nitrogen and oxygen atoms in total. The van der Waals surface area contributed by atoms with Gasteiger partial charge in [-0.05, 0) is 19.1 Å². The van der Waals surface area contributed by atoms with E-state index in [9.17, 15) is 0 Å². The number of fused-ring (bicyclic) bond motifs is 1. The lowest BCUT2D eigenvalue weighted by Crippen LogP contribution is -2.01. The Balaban J connectivity index is 2.32. The van der Waals surface area contributed by atoms with Crippen LogP contribution in [0.4, 0.5) is 5.82 Å². The smallest absolute Gasteiger partial charge is 0.189 e. The summed E-state index contributed by atoms with van der Waals surface area (Å²) in [6, 6.07) is 9.67. The quantitative estimate of drug-likeness (QED) is 0.671. The lowest BCUT2D eigenvalue weighted by atomic mass is 10.3. The first-order valence-corrected chi connectivity index (χ1v) is 5.16. The Hall–Kier alpha value is -2.50. The zero-order valence-corrected chi connectivity index (χ0v) is 9.20. The van der Waals surface area contributed by atoms with E-state index < -0.39 is 0 Å². The van der Waals surface area contributed by atoms with Crippen molar-refractivity contribution < 1.29 is 0 Å². The van der Waals surface area contributed by atoms with Crippen LogP contribution in [0.25, 0.3) is 16.9 Å². The van der Waals surface area contributed by atoms with E-state index in [0.717, 1.165) is 5.69 Å². The fraction of sp³-hybridized carbons (Fsp3) is 0.0909. The lowest BCUT2D eigenvalue weighted by molar-refractivity contribution is 0.816. The molecule has 2 N–H and O–H groups in total. The Bertz CT molecular complexity index is 673. The van der Waals surface area contributed by atoms with E-state index in [1.54, 1.807) is 11.6 Å². The summed E-state index contributed by atoms with van der Waals surface area (Å²) in [4.78, 5) is 8.38. The van der Waals surface area contributed by atoms with Gasteiger partial charge in [0.1, 0.15) is 5.82 Å². The summed E-state index contributed by atoms with van der Waals surface area (Å²) in [5, 5.41) is 8.05. The maximum Gasteiger partial charge on any atom is 0.189 e. The molecule has 0 spiro atoms. The number of hydrogen-bond acceptors (Lipinski definition) is 5. The summed E-state index contributed by atoms with van der Waals surface area (Å²) in [5.74, 6) is 0.962. The topological polar surface area (TPSA) is 82.5 Å².